The number of pyridine rings is 1. The standard InChI is InChI=1S/C29H33N5O5S/c1-29(2,20-39-19-21-9-6-5-7-10-21)23-12-14-25(37-3)26(17-23)40(30,36)33-27(35)24-13-11-22(28(32-24)38-4)18-34-16-8-15-31-34/h5-17H,18-20H2,1-4H3,(H2,30,33,35,36). The molecule has 1 atom stereocenters. The van der Waals surface area contributed by atoms with Crippen molar-refractivity contribution in [1.29, 1.82) is 4.78 Å². The fraction of sp³-hybridized carbons (Fsp3) is 0.276. The number of nitrogens with zero attached hydrogens (tertiary/aromatic N) is 3. The van der Waals surface area contributed by atoms with Gasteiger partial charge in [-0.05, 0) is 41.5 Å². The van der Waals surface area contributed by atoms with Crippen LogP contribution < -0.4 is 14.2 Å². The average Bonchev–Trinajstić information content (AvgIpc) is 3.46. The molecular weight excluding hydrogens is 530 g/mol. The summed E-state index contributed by atoms with van der Waals surface area (Å²) in [5.41, 5.74) is 2.04. The monoisotopic (exact) mass is 563 g/mol. The molecule has 0 saturated carbocycles. The smallest absolute Gasteiger partial charge is 0.282 e. The molecule has 2 heterocycles. The molecule has 0 saturated heterocycles. The summed E-state index contributed by atoms with van der Waals surface area (Å²) in [5.74, 6) is -0.316. The summed E-state index contributed by atoms with van der Waals surface area (Å²) < 4.78 is 43.0. The molecule has 10 nitrogen and oxygen atoms in total. The molecule has 0 aliphatic carbocycles. The van der Waals surface area contributed by atoms with Crippen molar-refractivity contribution in [2.75, 3.05) is 20.8 Å². The highest BCUT2D eigenvalue weighted by Crippen LogP contribution is 2.32. The van der Waals surface area contributed by atoms with Crippen LogP contribution in [0.4, 0.5) is 0 Å². The van der Waals surface area contributed by atoms with Crippen molar-refractivity contribution in [2.24, 2.45) is 0 Å². The molecule has 2 N–H and O–H groups in total. The Morgan fingerprint density at radius 3 is 2.50 bits per heavy atom. The first-order valence-electron chi connectivity index (χ1n) is 12.6. The van der Waals surface area contributed by atoms with Gasteiger partial charge < -0.3 is 14.2 Å². The SMILES string of the molecule is COc1ccc(C(C)(C)COCc2ccccc2)cc1S(=N)(=O)NC(=O)c1ccc(Cn2cccn2)c(OC)n1. The zero-order chi connectivity index (χ0) is 28.8. The molecule has 40 heavy (non-hydrogen) atoms. The minimum atomic E-state index is -3.83. The lowest BCUT2D eigenvalue weighted by Crippen LogP contribution is -2.31. The first-order valence-corrected chi connectivity index (χ1v) is 14.1. The highest BCUT2D eigenvalue weighted by molar-refractivity contribution is 7.91. The fourth-order valence-corrected chi connectivity index (χ4v) is 5.31. The molecule has 0 aliphatic rings. The topological polar surface area (TPSA) is 128 Å². The van der Waals surface area contributed by atoms with E-state index in [-0.39, 0.29) is 22.2 Å². The number of carbonyl (C=O) groups excluding carboxylic acids is 1. The van der Waals surface area contributed by atoms with Crippen molar-refractivity contribution in [3.63, 3.8) is 0 Å². The van der Waals surface area contributed by atoms with E-state index < -0.39 is 21.2 Å². The quantitative estimate of drug-likeness (QED) is 0.258. The predicted octanol–water partition coefficient (Wildman–Crippen LogP) is 4.59. The third-order valence-corrected chi connectivity index (χ3v) is 7.73. The molecule has 2 aromatic carbocycles. The molecule has 0 bridgehead atoms. The van der Waals surface area contributed by atoms with Crippen molar-refractivity contribution in [3.8, 4) is 11.6 Å². The summed E-state index contributed by atoms with van der Waals surface area (Å²) in [6.07, 6.45) is 3.46. The van der Waals surface area contributed by atoms with Crippen molar-refractivity contribution < 1.29 is 23.2 Å². The highest BCUT2D eigenvalue weighted by atomic mass is 32.2. The summed E-state index contributed by atoms with van der Waals surface area (Å²) >= 11 is 0. The van der Waals surface area contributed by atoms with Gasteiger partial charge in [-0.1, -0.05) is 50.2 Å². The Labute approximate surface area is 234 Å². The van der Waals surface area contributed by atoms with Crippen LogP contribution in [0.3, 0.4) is 0 Å². The molecule has 4 aromatic rings. The van der Waals surface area contributed by atoms with Crippen LogP contribution in [-0.2, 0) is 33.2 Å². The lowest BCUT2D eigenvalue weighted by molar-refractivity contribution is 0.0824. The molecule has 0 aliphatic heterocycles. The van der Waals surface area contributed by atoms with E-state index in [1.54, 1.807) is 41.3 Å². The van der Waals surface area contributed by atoms with Gasteiger partial charge in [0.15, 0.2) is 9.92 Å². The van der Waals surface area contributed by atoms with Gasteiger partial charge in [0, 0.05) is 23.4 Å². The highest BCUT2D eigenvalue weighted by Gasteiger charge is 2.27. The number of hydrogen-bond acceptors (Lipinski definition) is 8. The van der Waals surface area contributed by atoms with Crippen LogP contribution in [0.15, 0.2) is 84.0 Å². The number of methoxy groups -OCH3 is 2. The Morgan fingerprint density at radius 1 is 1.05 bits per heavy atom. The predicted molar refractivity (Wildman–Crippen MR) is 151 cm³/mol. The molecule has 1 unspecified atom stereocenters. The van der Waals surface area contributed by atoms with Crippen LogP contribution >= 0.6 is 0 Å². The second kappa shape index (κ2) is 12.3. The number of aromatic nitrogens is 3. The van der Waals surface area contributed by atoms with Gasteiger partial charge in [-0.2, -0.15) is 5.10 Å². The van der Waals surface area contributed by atoms with Crippen molar-refractivity contribution in [3.05, 3.63) is 102 Å². The van der Waals surface area contributed by atoms with Crippen molar-refractivity contribution in [2.45, 2.75) is 37.3 Å². The minimum Gasteiger partial charge on any atom is -0.495 e. The molecule has 0 fully saturated rings. The van der Waals surface area contributed by atoms with Crippen LogP contribution in [0.25, 0.3) is 0 Å². The van der Waals surface area contributed by atoms with Gasteiger partial charge in [-0.15, -0.1) is 0 Å². The Balaban J connectivity index is 1.52. The Hall–Kier alpha value is -4.22. The summed E-state index contributed by atoms with van der Waals surface area (Å²) in [7, 11) is -0.952. The maximum absolute atomic E-state index is 13.6. The van der Waals surface area contributed by atoms with E-state index in [1.807, 2.05) is 50.2 Å². The number of hydrogen-bond donors (Lipinski definition) is 2. The van der Waals surface area contributed by atoms with Gasteiger partial charge in [-0.3, -0.25) is 14.2 Å². The lowest BCUT2D eigenvalue weighted by Gasteiger charge is -2.26. The fourth-order valence-electron chi connectivity index (χ4n) is 4.10. The Morgan fingerprint density at radius 2 is 1.82 bits per heavy atom. The number of carbonyl (C=O) groups is 1. The number of ether oxygens (including phenoxy) is 3. The first-order chi connectivity index (χ1) is 19.1. The third kappa shape index (κ3) is 6.85. The van der Waals surface area contributed by atoms with E-state index in [4.69, 9.17) is 19.0 Å². The first kappa shape index (κ1) is 28.8. The van der Waals surface area contributed by atoms with Gasteiger partial charge in [0.25, 0.3) is 5.91 Å². The average molecular weight is 564 g/mol. The molecule has 11 heteroatoms. The molecule has 0 radical (unpaired) electrons. The van der Waals surface area contributed by atoms with Crippen molar-refractivity contribution >= 4 is 15.8 Å². The summed E-state index contributed by atoms with van der Waals surface area (Å²) in [4.78, 5) is 17.4. The number of nitrogens with one attached hydrogen (secondary N) is 2. The van der Waals surface area contributed by atoms with Crippen LogP contribution in [0.5, 0.6) is 11.6 Å². The van der Waals surface area contributed by atoms with Crippen LogP contribution in [0, 0.1) is 4.78 Å². The Kier molecular flexibility index (Phi) is 8.86. The second-order valence-corrected chi connectivity index (χ2v) is 11.5. The van der Waals surface area contributed by atoms with Gasteiger partial charge in [0.1, 0.15) is 16.3 Å². The summed E-state index contributed by atoms with van der Waals surface area (Å²) in [5, 5.41) is 4.17. The molecular formula is C29H33N5O5S. The summed E-state index contributed by atoms with van der Waals surface area (Å²) in [6, 6.07) is 20.0. The molecule has 1 amide bonds. The van der Waals surface area contributed by atoms with E-state index in [2.05, 4.69) is 14.8 Å². The Bertz CT molecular complexity index is 1560. The number of amides is 1. The third-order valence-electron chi connectivity index (χ3n) is 6.32. The van der Waals surface area contributed by atoms with Gasteiger partial charge in [0.2, 0.25) is 5.88 Å². The lowest BCUT2D eigenvalue weighted by atomic mass is 9.85. The van der Waals surface area contributed by atoms with Gasteiger partial charge in [-0.25, -0.2) is 14.0 Å². The normalized spacial score (nSPS) is 12.9. The van der Waals surface area contributed by atoms with Gasteiger partial charge >= 0.3 is 0 Å². The van der Waals surface area contributed by atoms with E-state index in [0.29, 0.717) is 25.3 Å². The van der Waals surface area contributed by atoms with E-state index in [1.165, 1.54) is 20.3 Å². The number of rotatable bonds is 12. The van der Waals surface area contributed by atoms with Crippen LogP contribution in [0.1, 0.15) is 41.0 Å². The molecule has 210 valence electrons. The van der Waals surface area contributed by atoms with E-state index in [0.717, 1.165) is 11.1 Å². The summed E-state index contributed by atoms with van der Waals surface area (Å²) in [6.45, 7) is 5.22. The van der Waals surface area contributed by atoms with Crippen molar-refractivity contribution in [1.82, 2.24) is 19.5 Å². The molecule has 4 rings (SSSR count). The number of benzene rings is 2. The largest absolute Gasteiger partial charge is 0.495 e. The maximum atomic E-state index is 13.6. The molecule has 2 aromatic heterocycles. The van der Waals surface area contributed by atoms with Crippen LogP contribution in [0.2, 0.25) is 0 Å². The zero-order valence-corrected chi connectivity index (χ0v) is 23.7. The maximum Gasteiger partial charge on any atom is 0.282 e. The molecule has 0 spiro atoms. The van der Waals surface area contributed by atoms with Gasteiger partial charge in [0.05, 0.1) is 34.0 Å². The van der Waals surface area contributed by atoms with E-state index in [9.17, 15) is 9.00 Å². The minimum absolute atomic E-state index is 0.0363. The second-order valence-electron chi connectivity index (χ2n) is 9.78. The van der Waals surface area contributed by atoms with E-state index >= 15 is 0 Å². The zero-order valence-electron chi connectivity index (χ0n) is 22.9. The van der Waals surface area contributed by atoms with Crippen LogP contribution in [-0.4, -0.2) is 45.7 Å².